The molecule has 0 bridgehead atoms. The van der Waals surface area contributed by atoms with Crippen LogP contribution in [0.2, 0.25) is 0 Å². The highest BCUT2D eigenvalue weighted by Crippen LogP contribution is 2.20. The summed E-state index contributed by atoms with van der Waals surface area (Å²) in [5, 5.41) is 5.77. The Morgan fingerprint density at radius 2 is 2.20 bits per heavy atom. The molecule has 0 fully saturated rings. The van der Waals surface area contributed by atoms with E-state index >= 15 is 0 Å². The van der Waals surface area contributed by atoms with Gasteiger partial charge in [0, 0.05) is 30.2 Å². The number of hydrogen-bond acceptors (Lipinski definition) is 2. The number of carbonyl (C=O) groups excluding carboxylic acids is 1. The second kappa shape index (κ2) is 5.75. The third-order valence-electron chi connectivity index (χ3n) is 2.13. The zero-order valence-corrected chi connectivity index (χ0v) is 10.5. The number of anilines is 1. The molecule has 82 valence electrons. The molecule has 0 aromatic heterocycles. The third-order valence-corrected chi connectivity index (χ3v) is 2.99. The van der Waals surface area contributed by atoms with Crippen LogP contribution in [0.15, 0.2) is 22.7 Å². The first-order valence-corrected chi connectivity index (χ1v) is 5.63. The minimum absolute atomic E-state index is 0.0497. The normalized spacial score (nSPS) is 9.80. The molecule has 0 spiro atoms. The topological polar surface area (TPSA) is 41.1 Å². The van der Waals surface area contributed by atoms with Crippen molar-refractivity contribution >= 4 is 27.5 Å². The quantitative estimate of drug-likeness (QED) is 0.882. The van der Waals surface area contributed by atoms with Gasteiger partial charge in [0.25, 0.3) is 0 Å². The molecule has 1 aromatic rings. The minimum Gasteiger partial charge on any atom is -0.384 e. The van der Waals surface area contributed by atoms with Gasteiger partial charge in [0.2, 0.25) is 5.91 Å². The predicted octanol–water partition coefficient (Wildman–Crippen LogP) is 2.31. The number of benzene rings is 1. The lowest BCUT2D eigenvalue weighted by Crippen LogP contribution is -2.20. The van der Waals surface area contributed by atoms with Crippen molar-refractivity contribution in [3.05, 3.63) is 28.2 Å². The summed E-state index contributed by atoms with van der Waals surface area (Å²) >= 11 is 3.46. The molecule has 0 radical (unpaired) electrons. The zero-order valence-electron chi connectivity index (χ0n) is 8.93. The number of carbonyl (C=O) groups is 1. The highest BCUT2D eigenvalue weighted by atomic mass is 79.9. The molecule has 0 aliphatic rings. The van der Waals surface area contributed by atoms with Crippen molar-refractivity contribution < 1.29 is 4.79 Å². The molecule has 0 aliphatic heterocycles. The Hall–Kier alpha value is -1.03. The van der Waals surface area contributed by atoms with Crippen LogP contribution in [-0.2, 0) is 4.79 Å². The molecule has 0 heterocycles. The van der Waals surface area contributed by atoms with Gasteiger partial charge in [-0.3, -0.25) is 4.79 Å². The van der Waals surface area contributed by atoms with Gasteiger partial charge in [0.05, 0.1) is 0 Å². The van der Waals surface area contributed by atoms with Crippen molar-refractivity contribution in [1.29, 1.82) is 0 Å². The van der Waals surface area contributed by atoms with Crippen LogP contribution in [-0.4, -0.2) is 19.5 Å². The Morgan fingerprint density at radius 3 is 2.80 bits per heavy atom. The minimum atomic E-state index is 0.0497. The Bertz CT molecular complexity index is 352. The van der Waals surface area contributed by atoms with E-state index in [0.29, 0.717) is 13.0 Å². The number of halogens is 1. The lowest BCUT2D eigenvalue weighted by molar-refractivity contribution is -0.120. The fraction of sp³-hybridized carbons (Fsp3) is 0.364. The SMILES string of the molecule is CNC(=O)CCNc1ccc(C)c(Br)c1. The van der Waals surface area contributed by atoms with Crippen molar-refractivity contribution in [2.24, 2.45) is 0 Å². The average molecular weight is 271 g/mol. The van der Waals surface area contributed by atoms with E-state index in [1.54, 1.807) is 7.05 Å². The Labute approximate surface area is 98.4 Å². The van der Waals surface area contributed by atoms with Crippen LogP contribution in [0.4, 0.5) is 5.69 Å². The first-order valence-electron chi connectivity index (χ1n) is 4.84. The van der Waals surface area contributed by atoms with Gasteiger partial charge in [-0.25, -0.2) is 0 Å². The van der Waals surface area contributed by atoms with E-state index in [1.165, 1.54) is 5.56 Å². The van der Waals surface area contributed by atoms with E-state index in [0.717, 1.165) is 10.2 Å². The van der Waals surface area contributed by atoms with Gasteiger partial charge in [-0.1, -0.05) is 22.0 Å². The van der Waals surface area contributed by atoms with Gasteiger partial charge in [-0.2, -0.15) is 0 Å². The van der Waals surface area contributed by atoms with Crippen LogP contribution in [0.25, 0.3) is 0 Å². The van der Waals surface area contributed by atoms with Crippen molar-refractivity contribution in [1.82, 2.24) is 5.32 Å². The van der Waals surface area contributed by atoms with Crippen LogP contribution in [0.5, 0.6) is 0 Å². The monoisotopic (exact) mass is 270 g/mol. The van der Waals surface area contributed by atoms with Gasteiger partial charge >= 0.3 is 0 Å². The van der Waals surface area contributed by atoms with Crippen molar-refractivity contribution in [2.75, 3.05) is 18.9 Å². The van der Waals surface area contributed by atoms with E-state index < -0.39 is 0 Å². The van der Waals surface area contributed by atoms with Crippen LogP contribution in [0, 0.1) is 6.92 Å². The molecule has 2 N–H and O–H groups in total. The molecular weight excluding hydrogens is 256 g/mol. The van der Waals surface area contributed by atoms with Gasteiger partial charge in [0.15, 0.2) is 0 Å². The highest BCUT2D eigenvalue weighted by molar-refractivity contribution is 9.10. The second-order valence-corrected chi connectivity index (χ2v) is 4.17. The Morgan fingerprint density at radius 1 is 1.47 bits per heavy atom. The molecule has 15 heavy (non-hydrogen) atoms. The smallest absolute Gasteiger partial charge is 0.221 e. The van der Waals surface area contributed by atoms with Gasteiger partial charge in [-0.05, 0) is 24.6 Å². The molecule has 4 heteroatoms. The van der Waals surface area contributed by atoms with Gasteiger partial charge in [-0.15, -0.1) is 0 Å². The molecular formula is C11H15BrN2O. The fourth-order valence-corrected chi connectivity index (χ4v) is 1.53. The Kier molecular flexibility index (Phi) is 4.62. The first-order chi connectivity index (χ1) is 7.13. The summed E-state index contributed by atoms with van der Waals surface area (Å²) < 4.78 is 1.08. The van der Waals surface area contributed by atoms with E-state index in [4.69, 9.17) is 0 Å². The van der Waals surface area contributed by atoms with Crippen molar-refractivity contribution in [3.63, 3.8) is 0 Å². The van der Waals surface area contributed by atoms with Crippen molar-refractivity contribution in [3.8, 4) is 0 Å². The maximum Gasteiger partial charge on any atom is 0.221 e. The van der Waals surface area contributed by atoms with Crippen LogP contribution >= 0.6 is 15.9 Å². The van der Waals surface area contributed by atoms with Gasteiger partial charge < -0.3 is 10.6 Å². The molecule has 1 rings (SSSR count). The molecule has 0 saturated heterocycles. The molecule has 3 nitrogen and oxygen atoms in total. The second-order valence-electron chi connectivity index (χ2n) is 3.31. The number of aryl methyl sites for hydroxylation is 1. The predicted molar refractivity (Wildman–Crippen MR) is 66.1 cm³/mol. The molecule has 1 amide bonds. The summed E-state index contributed by atoms with van der Waals surface area (Å²) in [7, 11) is 1.64. The van der Waals surface area contributed by atoms with E-state index in [-0.39, 0.29) is 5.91 Å². The summed E-state index contributed by atoms with van der Waals surface area (Å²) in [6.07, 6.45) is 0.488. The van der Waals surface area contributed by atoms with E-state index in [9.17, 15) is 4.79 Å². The number of hydrogen-bond donors (Lipinski definition) is 2. The zero-order chi connectivity index (χ0) is 11.3. The average Bonchev–Trinajstić information content (AvgIpc) is 2.23. The van der Waals surface area contributed by atoms with Crippen LogP contribution in [0.1, 0.15) is 12.0 Å². The van der Waals surface area contributed by atoms with E-state index in [1.807, 2.05) is 25.1 Å². The summed E-state index contributed by atoms with van der Waals surface area (Å²) in [6.45, 7) is 2.69. The molecule has 0 atom stereocenters. The number of nitrogens with one attached hydrogen (secondary N) is 2. The lowest BCUT2D eigenvalue weighted by Gasteiger charge is -2.07. The highest BCUT2D eigenvalue weighted by Gasteiger charge is 1.99. The standard InChI is InChI=1S/C11H15BrN2O/c1-8-3-4-9(7-10(8)12)14-6-5-11(15)13-2/h3-4,7,14H,5-6H2,1-2H3,(H,13,15). The summed E-state index contributed by atoms with van der Waals surface area (Å²) in [4.78, 5) is 11.0. The maximum absolute atomic E-state index is 11.0. The summed E-state index contributed by atoms with van der Waals surface area (Å²) in [6, 6.07) is 6.05. The summed E-state index contributed by atoms with van der Waals surface area (Å²) in [5.74, 6) is 0.0497. The fourth-order valence-electron chi connectivity index (χ4n) is 1.15. The largest absolute Gasteiger partial charge is 0.384 e. The Balaban J connectivity index is 2.44. The van der Waals surface area contributed by atoms with E-state index in [2.05, 4.69) is 26.6 Å². The van der Waals surface area contributed by atoms with Crippen molar-refractivity contribution in [2.45, 2.75) is 13.3 Å². The third kappa shape index (κ3) is 3.91. The molecule has 1 aromatic carbocycles. The van der Waals surface area contributed by atoms with Gasteiger partial charge in [0.1, 0.15) is 0 Å². The maximum atomic E-state index is 11.0. The number of amides is 1. The molecule has 0 saturated carbocycles. The first kappa shape index (κ1) is 12.0. The van der Waals surface area contributed by atoms with Crippen LogP contribution < -0.4 is 10.6 Å². The number of rotatable bonds is 4. The molecule has 0 unspecified atom stereocenters. The van der Waals surface area contributed by atoms with Crippen LogP contribution in [0.3, 0.4) is 0 Å². The lowest BCUT2D eigenvalue weighted by atomic mass is 10.2. The molecule has 0 aliphatic carbocycles. The summed E-state index contributed by atoms with van der Waals surface area (Å²) in [5.41, 5.74) is 2.23.